The van der Waals surface area contributed by atoms with Gasteiger partial charge >= 0.3 is 0 Å². The molecule has 30 heavy (non-hydrogen) atoms. The molecule has 4 aromatic rings. The van der Waals surface area contributed by atoms with Crippen molar-refractivity contribution >= 4 is 50.6 Å². The van der Waals surface area contributed by atoms with Crippen molar-refractivity contribution in [3.05, 3.63) is 70.6 Å². The van der Waals surface area contributed by atoms with Crippen molar-refractivity contribution in [3.63, 3.8) is 0 Å². The van der Waals surface area contributed by atoms with E-state index in [-0.39, 0.29) is 17.4 Å². The van der Waals surface area contributed by atoms with Crippen LogP contribution < -0.4 is 10.6 Å². The predicted octanol–water partition coefficient (Wildman–Crippen LogP) is 5.90. The van der Waals surface area contributed by atoms with E-state index in [0.29, 0.717) is 18.1 Å². The van der Waals surface area contributed by atoms with Crippen LogP contribution in [-0.4, -0.2) is 22.4 Å². The number of halogens is 2. The largest absolute Gasteiger partial charge is 0.369 e. The van der Waals surface area contributed by atoms with E-state index in [9.17, 15) is 9.18 Å². The van der Waals surface area contributed by atoms with Gasteiger partial charge < -0.3 is 10.6 Å². The molecule has 0 atom stereocenters. The van der Waals surface area contributed by atoms with Crippen molar-refractivity contribution < 1.29 is 9.18 Å². The maximum absolute atomic E-state index is 13.2. The Morgan fingerprint density at radius 3 is 2.73 bits per heavy atom. The van der Waals surface area contributed by atoms with Crippen LogP contribution in [0.2, 0.25) is 5.02 Å². The smallest absolute Gasteiger partial charge is 0.226 e. The van der Waals surface area contributed by atoms with E-state index >= 15 is 0 Å². The molecular formula is C22H18ClFN4OS. The van der Waals surface area contributed by atoms with Gasteiger partial charge in [0, 0.05) is 29.1 Å². The van der Waals surface area contributed by atoms with Gasteiger partial charge in [0.2, 0.25) is 5.91 Å². The summed E-state index contributed by atoms with van der Waals surface area (Å²) in [7, 11) is 0. The Labute approximate surface area is 181 Å². The molecule has 0 radical (unpaired) electrons. The van der Waals surface area contributed by atoms with Gasteiger partial charge in [-0.25, -0.2) is 14.4 Å². The molecule has 2 aromatic carbocycles. The van der Waals surface area contributed by atoms with Crippen LogP contribution in [0.1, 0.15) is 11.3 Å². The quantitative estimate of drug-likeness (QED) is 0.391. The number of fused-ring (bicyclic) bond motifs is 1. The molecule has 152 valence electrons. The standard InChI is InChI=1S/C22H18ClFN4OS/c1-13-19(14-5-3-2-4-6-14)20-21(26-12-27-22(20)30-13)25-10-9-18(29)28-15-7-8-17(24)16(23)11-15/h2-8,11-12H,9-10H2,1H3,(H,28,29)(H,25,26,27). The number of carbonyl (C=O) groups is 1. The van der Waals surface area contributed by atoms with Gasteiger partial charge in [0.25, 0.3) is 0 Å². The minimum atomic E-state index is -0.524. The second kappa shape index (κ2) is 8.77. The SMILES string of the molecule is Cc1sc2ncnc(NCCC(=O)Nc3ccc(F)c(Cl)c3)c2c1-c1ccccc1. The third-order valence-electron chi connectivity index (χ3n) is 4.57. The van der Waals surface area contributed by atoms with Gasteiger partial charge in [0.1, 0.15) is 22.8 Å². The molecule has 2 heterocycles. The van der Waals surface area contributed by atoms with Crippen molar-refractivity contribution in [2.45, 2.75) is 13.3 Å². The lowest BCUT2D eigenvalue weighted by Crippen LogP contribution is -2.16. The van der Waals surface area contributed by atoms with Gasteiger partial charge in [-0.05, 0) is 30.7 Å². The Bertz CT molecular complexity index is 1210. The van der Waals surface area contributed by atoms with Crippen LogP contribution in [0.15, 0.2) is 54.9 Å². The molecule has 1 amide bonds. The highest BCUT2D eigenvalue weighted by atomic mass is 35.5. The van der Waals surface area contributed by atoms with Crippen LogP contribution in [0.25, 0.3) is 21.3 Å². The van der Waals surface area contributed by atoms with Crippen molar-refractivity contribution in [2.24, 2.45) is 0 Å². The van der Waals surface area contributed by atoms with E-state index in [1.165, 1.54) is 24.5 Å². The topological polar surface area (TPSA) is 66.9 Å². The predicted molar refractivity (Wildman–Crippen MR) is 121 cm³/mol. The van der Waals surface area contributed by atoms with E-state index in [1.807, 2.05) is 18.2 Å². The molecule has 8 heteroatoms. The number of hydrogen-bond donors (Lipinski definition) is 2. The lowest BCUT2D eigenvalue weighted by atomic mass is 10.0. The van der Waals surface area contributed by atoms with Crippen LogP contribution in [0.4, 0.5) is 15.9 Å². The number of aromatic nitrogens is 2. The molecule has 4 rings (SSSR count). The van der Waals surface area contributed by atoms with Crippen molar-refractivity contribution in [1.29, 1.82) is 0 Å². The monoisotopic (exact) mass is 440 g/mol. The van der Waals surface area contributed by atoms with Crippen molar-refractivity contribution in [1.82, 2.24) is 9.97 Å². The molecule has 0 fully saturated rings. The Morgan fingerprint density at radius 1 is 1.17 bits per heavy atom. The summed E-state index contributed by atoms with van der Waals surface area (Å²) in [5.74, 6) is -0.0366. The van der Waals surface area contributed by atoms with Crippen LogP contribution in [0.3, 0.4) is 0 Å². The first-order chi connectivity index (χ1) is 14.5. The van der Waals surface area contributed by atoms with Gasteiger partial charge in [-0.3, -0.25) is 4.79 Å². The lowest BCUT2D eigenvalue weighted by Gasteiger charge is -2.10. The molecule has 2 aromatic heterocycles. The minimum absolute atomic E-state index is 0.0319. The number of nitrogens with one attached hydrogen (secondary N) is 2. The van der Waals surface area contributed by atoms with Crippen LogP contribution in [0, 0.1) is 12.7 Å². The maximum Gasteiger partial charge on any atom is 0.226 e. The summed E-state index contributed by atoms with van der Waals surface area (Å²) in [5.41, 5.74) is 2.66. The number of benzene rings is 2. The van der Waals surface area contributed by atoms with E-state index in [0.717, 1.165) is 26.2 Å². The molecule has 0 bridgehead atoms. The van der Waals surface area contributed by atoms with Crippen LogP contribution >= 0.6 is 22.9 Å². The highest BCUT2D eigenvalue weighted by molar-refractivity contribution is 7.19. The molecule has 0 spiro atoms. The first-order valence-corrected chi connectivity index (χ1v) is 10.5. The number of carbonyl (C=O) groups excluding carboxylic acids is 1. The maximum atomic E-state index is 13.2. The van der Waals surface area contributed by atoms with E-state index in [2.05, 4.69) is 39.7 Å². The zero-order valence-electron chi connectivity index (χ0n) is 16.1. The molecule has 0 aliphatic rings. The number of hydrogen-bond acceptors (Lipinski definition) is 5. The molecule has 0 aliphatic heterocycles. The second-order valence-electron chi connectivity index (χ2n) is 6.66. The Balaban J connectivity index is 1.49. The van der Waals surface area contributed by atoms with Crippen molar-refractivity contribution in [2.75, 3.05) is 17.2 Å². The highest BCUT2D eigenvalue weighted by Gasteiger charge is 2.16. The number of amides is 1. The first-order valence-electron chi connectivity index (χ1n) is 9.31. The molecule has 0 saturated heterocycles. The number of rotatable bonds is 6. The summed E-state index contributed by atoms with van der Waals surface area (Å²) in [6, 6.07) is 14.2. The summed E-state index contributed by atoms with van der Waals surface area (Å²) >= 11 is 7.37. The molecule has 5 nitrogen and oxygen atoms in total. The third kappa shape index (κ3) is 4.27. The number of anilines is 2. The molecule has 0 saturated carbocycles. The summed E-state index contributed by atoms with van der Waals surface area (Å²) < 4.78 is 13.2. The van der Waals surface area contributed by atoms with Crippen LogP contribution in [-0.2, 0) is 4.79 Å². The first kappa shape index (κ1) is 20.3. The van der Waals surface area contributed by atoms with Gasteiger partial charge in [0.05, 0.1) is 10.4 Å². The van der Waals surface area contributed by atoms with Crippen molar-refractivity contribution in [3.8, 4) is 11.1 Å². The third-order valence-corrected chi connectivity index (χ3v) is 5.88. The lowest BCUT2D eigenvalue weighted by molar-refractivity contribution is -0.115. The average molecular weight is 441 g/mol. The fourth-order valence-electron chi connectivity index (χ4n) is 3.22. The second-order valence-corrected chi connectivity index (χ2v) is 8.27. The Morgan fingerprint density at radius 2 is 1.97 bits per heavy atom. The molecule has 2 N–H and O–H groups in total. The number of nitrogens with zero attached hydrogens (tertiary/aromatic N) is 2. The normalized spacial score (nSPS) is 10.9. The minimum Gasteiger partial charge on any atom is -0.369 e. The number of aryl methyl sites for hydroxylation is 1. The fraction of sp³-hybridized carbons (Fsp3) is 0.136. The fourth-order valence-corrected chi connectivity index (χ4v) is 4.42. The van der Waals surface area contributed by atoms with Gasteiger partial charge in [-0.15, -0.1) is 11.3 Å². The van der Waals surface area contributed by atoms with E-state index in [1.54, 1.807) is 11.3 Å². The number of thiophene rings is 1. The van der Waals surface area contributed by atoms with Gasteiger partial charge in [-0.2, -0.15) is 0 Å². The molecule has 0 aliphatic carbocycles. The molecular weight excluding hydrogens is 423 g/mol. The Kier molecular flexibility index (Phi) is 5.92. The summed E-state index contributed by atoms with van der Waals surface area (Å²) in [6.45, 7) is 2.45. The van der Waals surface area contributed by atoms with E-state index in [4.69, 9.17) is 11.6 Å². The van der Waals surface area contributed by atoms with Gasteiger partial charge in [-0.1, -0.05) is 41.9 Å². The highest BCUT2D eigenvalue weighted by Crippen LogP contribution is 2.40. The summed E-state index contributed by atoms with van der Waals surface area (Å²) in [6.07, 6.45) is 1.74. The summed E-state index contributed by atoms with van der Waals surface area (Å²) in [5, 5.41) is 6.89. The Hall–Kier alpha value is -3.03. The average Bonchev–Trinajstić information content (AvgIpc) is 3.08. The molecule has 0 unspecified atom stereocenters. The zero-order valence-corrected chi connectivity index (χ0v) is 17.6. The zero-order chi connectivity index (χ0) is 21.1. The van der Waals surface area contributed by atoms with E-state index < -0.39 is 5.82 Å². The van der Waals surface area contributed by atoms with Gasteiger partial charge in [0.15, 0.2) is 0 Å². The summed E-state index contributed by atoms with van der Waals surface area (Å²) in [4.78, 5) is 23.1. The van der Waals surface area contributed by atoms with Crippen LogP contribution in [0.5, 0.6) is 0 Å².